The van der Waals surface area contributed by atoms with Crippen molar-refractivity contribution >= 4 is 29.1 Å². The summed E-state index contributed by atoms with van der Waals surface area (Å²) < 4.78 is 6.04. The Labute approximate surface area is 176 Å². The van der Waals surface area contributed by atoms with E-state index in [4.69, 9.17) is 27.9 Å². The lowest BCUT2D eigenvalue weighted by molar-refractivity contribution is -0.135. The fraction of sp³-hybridized carbons (Fsp3) is 0.435. The standard InChI is InChI=1S/C23H25Cl2NO2/c24-21-8-4-7-18(22(21)25)19-15-20(19)23(27)26-12-9-17(10-13-26)28-14-11-16-5-2-1-3-6-16/h1-8,17,19-20H,9-15H2. The monoisotopic (exact) mass is 417 g/mol. The van der Waals surface area contributed by atoms with E-state index in [0.717, 1.165) is 50.9 Å². The van der Waals surface area contributed by atoms with Gasteiger partial charge in [0, 0.05) is 19.0 Å². The largest absolute Gasteiger partial charge is 0.378 e. The first-order valence-corrected chi connectivity index (χ1v) is 10.8. The summed E-state index contributed by atoms with van der Waals surface area (Å²) in [6.07, 6.45) is 3.88. The molecule has 2 aromatic rings. The van der Waals surface area contributed by atoms with Crippen molar-refractivity contribution < 1.29 is 9.53 Å². The van der Waals surface area contributed by atoms with Crippen molar-refractivity contribution in [2.75, 3.05) is 19.7 Å². The number of carbonyl (C=O) groups is 1. The number of rotatable bonds is 6. The molecule has 4 rings (SSSR count). The maximum Gasteiger partial charge on any atom is 0.226 e. The number of nitrogens with zero attached hydrogens (tertiary/aromatic N) is 1. The Balaban J connectivity index is 1.22. The number of carbonyl (C=O) groups excluding carboxylic acids is 1. The van der Waals surface area contributed by atoms with Gasteiger partial charge >= 0.3 is 0 Å². The highest BCUT2D eigenvalue weighted by atomic mass is 35.5. The summed E-state index contributed by atoms with van der Waals surface area (Å²) in [4.78, 5) is 14.9. The van der Waals surface area contributed by atoms with Crippen LogP contribution in [0.25, 0.3) is 0 Å². The summed E-state index contributed by atoms with van der Waals surface area (Å²) in [5.74, 6) is 0.508. The van der Waals surface area contributed by atoms with Crippen LogP contribution < -0.4 is 0 Å². The Morgan fingerprint density at radius 2 is 1.79 bits per heavy atom. The number of amides is 1. The van der Waals surface area contributed by atoms with E-state index in [1.54, 1.807) is 6.07 Å². The van der Waals surface area contributed by atoms with Gasteiger partial charge in [-0.1, -0.05) is 65.7 Å². The highest BCUT2D eigenvalue weighted by Gasteiger charge is 2.47. The smallest absolute Gasteiger partial charge is 0.226 e. The van der Waals surface area contributed by atoms with Gasteiger partial charge in [-0.15, -0.1) is 0 Å². The topological polar surface area (TPSA) is 29.5 Å². The van der Waals surface area contributed by atoms with Crippen LogP contribution in [0.15, 0.2) is 48.5 Å². The van der Waals surface area contributed by atoms with E-state index in [-0.39, 0.29) is 23.8 Å². The summed E-state index contributed by atoms with van der Waals surface area (Å²) in [6.45, 7) is 2.29. The Morgan fingerprint density at radius 3 is 2.54 bits per heavy atom. The molecule has 148 valence electrons. The van der Waals surface area contributed by atoms with Crippen molar-refractivity contribution in [3.8, 4) is 0 Å². The van der Waals surface area contributed by atoms with E-state index in [0.29, 0.717) is 10.0 Å². The van der Waals surface area contributed by atoms with Crippen LogP contribution in [0.2, 0.25) is 10.0 Å². The molecular weight excluding hydrogens is 393 g/mol. The van der Waals surface area contributed by atoms with Gasteiger partial charge in [-0.05, 0) is 48.8 Å². The molecule has 1 aliphatic heterocycles. The van der Waals surface area contributed by atoms with Gasteiger partial charge in [0.2, 0.25) is 5.91 Å². The molecule has 1 saturated heterocycles. The summed E-state index contributed by atoms with van der Waals surface area (Å²) in [5, 5.41) is 1.15. The highest BCUT2D eigenvalue weighted by molar-refractivity contribution is 6.42. The van der Waals surface area contributed by atoms with Crippen molar-refractivity contribution in [1.29, 1.82) is 0 Å². The van der Waals surface area contributed by atoms with E-state index in [9.17, 15) is 4.79 Å². The van der Waals surface area contributed by atoms with Crippen LogP contribution >= 0.6 is 23.2 Å². The molecule has 0 spiro atoms. The number of likely N-dealkylation sites (tertiary alicyclic amines) is 1. The molecule has 1 heterocycles. The predicted molar refractivity (Wildman–Crippen MR) is 113 cm³/mol. The van der Waals surface area contributed by atoms with Gasteiger partial charge in [0.15, 0.2) is 0 Å². The fourth-order valence-corrected chi connectivity index (χ4v) is 4.53. The summed E-state index contributed by atoms with van der Waals surface area (Å²) >= 11 is 12.4. The molecule has 1 aliphatic carbocycles. The van der Waals surface area contributed by atoms with Gasteiger partial charge < -0.3 is 9.64 Å². The second-order valence-electron chi connectivity index (χ2n) is 7.72. The number of benzene rings is 2. The Morgan fingerprint density at radius 1 is 1.04 bits per heavy atom. The predicted octanol–water partition coefficient (Wildman–Crippen LogP) is 5.35. The lowest BCUT2D eigenvalue weighted by Crippen LogP contribution is -2.42. The zero-order valence-corrected chi connectivity index (χ0v) is 17.3. The minimum atomic E-state index is 0.0477. The second-order valence-corrected chi connectivity index (χ2v) is 8.51. The molecule has 2 aliphatic rings. The lowest BCUT2D eigenvalue weighted by atomic mass is 10.1. The van der Waals surface area contributed by atoms with Crippen LogP contribution in [-0.4, -0.2) is 36.6 Å². The van der Waals surface area contributed by atoms with Gasteiger partial charge in [0.25, 0.3) is 0 Å². The molecule has 2 atom stereocenters. The molecule has 0 N–H and O–H groups in total. The molecule has 0 radical (unpaired) electrons. The van der Waals surface area contributed by atoms with Crippen LogP contribution in [0.3, 0.4) is 0 Å². The minimum Gasteiger partial charge on any atom is -0.378 e. The van der Waals surface area contributed by atoms with E-state index < -0.39 is 0 Å². The zero-order valence-electron chi connectivity index (χ0n) is 15.8. The zero-order chi connectivity index (χ0) is 19.5. The van der Waals surface area contributed by atoms with Crippen LogP contribution in [0.1, 0.15) is 36.3 Å². The van der Waals surface area contributed by atoms with Gasteiger partial charge in [-0.3, -0.25) is 4.79 Å². The van der Waals surface area contributed by atoms with Crippen molar-refractivity contribution in [1.82, 2.24) is 4.90 Å². The molecule has 2 unspecified atom stereocenters. The molecule has 2 aromatic carbocycles. The summed E-state index contributed by atoms with van der Waals surface area (Å²) in [5.41, 5.74) is 2.31. The third-order valence-corrected chi connectivity index (χ3v) is 6.66. The summed E-state index contributed by atoms with van der Waals surface area (Å²) in [7, 11) is 0. The van der Waals surface area contributed by atoms with E-state index in [1.807, 2.05) is 23.1 Å². The van der Waals surface area contributed by atoms with Gasteiger partial charge in [-0.25, -0.2) is 0 Å². The third-order valence-electron chi connectivity index (χ3n) is 5.83. The molecular formula is C23H25Cl2NO2. The molecule has 3 nitrogen and oxygen atoms in total. The van der Waals surface area contributed by atoms with E-state index >= 15 is 0 Å². The first-order chi connectivity index (χ1) is 13.6. The minimum absolute atomic E-state index is 0.0477. The average Bonchev–Trinajstić information content (AvgIpc) is 3.51. The molecule has 2 fully saturated rings. The maximum atomic E-state index is 12.9. The quantitative estimate of drug-likeness (QED) is 0.633. The van der Waals surface area contributed by atoms with Crippen LogP contribution in [0.5, 0.6) is 0 Å². The highest BCUT2D eigenvalue weighted by Crippen LogP contribution is 2.51. The van der Waals surface area contributed by atoms with Crippen molar-refractivity contribution in [3.63, 3.8) is 0 Å². The molecule has 0 bridgehead atoms. The molecule has 0 aromatic heterocycles. The SMILES string of the molecule is O=C(C1CC1c1cccc(Cl)c1Cl)N1CCC(OCCc2ccccc2)CC1. The maximum absolute atomic E-state index is 12.9. The Hall–Kier alpha value is -1.55. The molecule has 1 saturated carbocycles. The number of halogens is 2. The van der Waals surface area contributed by atoms with Crippen molar-refractivity contribution in [3.05, 3.63) is 69.7 Å². The fourth-order valence-electron chi connectivity index (χ4n) is 4.08. The van der Waals surface area contributed by atoms with Crippen LogP contribution in [0.4, 0.5) is 0 Å². The van der Waals surface area contributed by atoms with Gasteiger partial charge in [0.05, 0.1) is 22.8 Å². The second kappa shape index (κ2) is 8.86. The van der Waals surface area contributed by atoms with Crippen molar-refractivity contribution in [2.45, 2.75) is 37.7 Å². The van der Waals surface area contributed by atoms with Crippen LogP contribution in [0, 0.1) is 5.92 Å². The van der Waals surface area contributed by atoms with E-state index in [1.165, 1.54) is 5.56 Å². The Bertz CT molecular complexity index is 819. The van der Waals surface area contributed by atoms with Crippen molar-refractivity contribution in [2.24, 2.45) is 5.92 Å². The molecule has 5 heteroatoms. The van der Waals surface area contributed by atoms with Crippen LogP contribution in [-0.2, 0) is 16.0 Å². The number of piperidine rings is 1. The first-order valence-electron chi connectivity index (χ1n) is 10.0. The lowest BCUT2D eigenvalue weighted by Gasteiger charge is -2.32. The number of hydrogen-bond donors (Lipinski definition) is 0. The first kappa shape index (κ1) is 19.8. The number of hydrogen-bond acceptors (Lipinski definition) is 2. The molecule has 1 amide bonds. The normalized spacial score (nSPS) is 22.3. The summed E-state index contributed by atoms with van der Waals surface area (Å²) in [6, 6.07) is 16.1. The van der Waals surface area contributed by atoms with Gasteiger partial charge in [0.1, 0.15) is 0 Å². The van der Waals surface area contributed by atoms with E-state index in [2.05, 4.69) is 24.3 Å². The Kier molecular flexibility index (Phi) is 6.25. The third kappa shape index (κ3) is 4.53. The molecule has 28 heavy (non-hydrogen) atoms. The van der Waals surface area contributed by atoms with Gasteiger partial charge in [-0.2, -0.15) is 0 Å². The number of ether oxygens (including phenoxy) is 1. The average molecular weight is 418 g/mol.